The molecule has 0 aliphatic rings. The van der Waals surface area contributed by atoms with Crippen molar-refractivity contribution in [1.29, 1.82) is 0 Å². The monoisotopic (exact) mass is 384 g/mol. The van der Waals surface area contributed by atoms with Crippen LogP contribution in [0.25, 0.3) is 0 Å². The summed E-state index contributed by atoms with van der Waals surface area (Å²) in [7, 11) is 0. The van der Waals surface area contributed by atoms with Crippen molar-refractivity contribution in [2.45, 2.75) is 13.0 Å². The molecule has 1 heterocycles. The standard InChI is InChI=1S/C20H18ClFN4O/c21-16-5-1-14(2-6-16)11-12-23-19-10-9-18(25-26-19)20(27)24-13-15-3-7-17(22)8-4-15/h1-10H,11-13H2,(H,23,26)(H,24,27). The number of amides is 1. The first-order valence-electron chi connectivity index (χ1n) is 8.45. The molecule has 138 valence electrons. The Hall–Kier alpha value is -2.99. The molecular weight excluding hydrogens is 367 g/mol. The molecule has 2 N–H and O–H groups in total. The summed E-state index contributed by atoms with van der Waals surface area (Å²) < 4.78 is 12.9. The van der Waals surface area contributed by atoms with Crippen LogP contribution in [0, 0.1) is 5.82 Å². The summed E-state index contributed by atoms with van der Waals surface area (Å²) in [6, 6.07) is 16.9. The van der Waals surface area contributed by atoms with Crippen molar-refractivity contribution in [3.05, 3.63) is 88.3 Å². The second-order valence-electron chi connectivity index (χ2n) is 5.92. The molecule has 2 aromatic carbocycles. The van der Waals surface area contributed by atoms with Gasteiger partial charge in [0.1, 0.15) is 11.6 Å². The van der Waals surface area contributed by atoms with Gasteiger partial charge in [-0.05, 0) is 53.9 Å². The van der Waals surface area contributed by atoms with E-state index in [-0.39, 0.29) is 17.4 Å². The van der Waals surface area contributed by atoms with Crippen LogP contribution in [-0.4, -0.2) is 22.6 Å². The predicted octanol–water partition coefficient (Wildman–Crippen LogP) is 3.85. The largest absolute Gasteiger partial charge is 0.368 e. The van der Waals surface area contributed by atoms with Crippen LogP contribution in [0.4, 0.5) is 10.2 Å². The maximum absolute atomic E-state index is 12.9. The van der Waals surface area contributed by atoms with Crippen molar-refractivity contribution < 1.29 is 9.18 Å². The fourth-order valence-corrected chi connectivity index (χ4v) is 2.53. The lowest BCUT2D eigenvalue weighted by Crippen LogP contribution is -2.24. The molecule has 0 aliphatic heterocycles. The Morgan fingerprint density at radius 2 is 1.63 bits per heavy atom. The van der Waals surface area contributed by atoms with Gasteiger partial charge in [-0.25, -0.2) is 4.39 Å². The summed E-state index contributed by atoms with van der Waals surface area (Å²) in [5.74, 6) is -0.0475. The Labute approximate surface area is 161 Å². The van der Waals surface area contributed by atoms with Gasteiger partial charge in [0.15, 0.2) is 5.69 Å². The number of nitrogens with zero attached hydrogens (tertiary/aromatic N) is 2. The lowest BCUT2D eigenvalue weighted by atomic mass is 10.1. The molecule has 0 aliphatic carbocycles. The molecule has 0 fully saturated rings. The smallest absolute Gasteiger partial charge is 0.272 e. The summed E-state index contributed by atoms with van der Waals surface area (Å²) in [4.78, 5) is 12.1. The molecule has 1 amide bonds. The van der Waals surface area contributed by atoms with E-state index >= 15 is 0 Å². The highest BCUT2D eigenvalue weighted by molar-refractivity contribution is 6.30. The van der Waals surface area contributed by atoms with Crippen molar-refractivity contribution in [3.8, 4) is 0 Å². The molecule has 7 heteroatoms. The van der Waals surface area contributed by atoms with E-state index in [1.165, 1.54) is 12.1 Å². The van der Waals surface area contributed by atoms with Gasteiger partial charge >= 0.3 is 0 Å². The van der Waals surface area contributed by atoms with Crippen LogP contribution in [0.15, 0.2) is 60.7 Å². The Morgan fingerprint density at radius 1 is 0.926 bits per heavy atom. The van der Waals surface area contributed by atoms with E-state index in [1.54, 1.807) is 24.3 Å². The molecule has 0 saturated carbocycles. The van der Waals surface area contributed by atoms with E-state index in [1.807, 2.05) is 24.3 Å². The minimum atomic E-state index is -0.334. The molecule has 0 unspecified atom stereocenters. The lowest BCUT2D eigenvalue weighted by molar-refractivity contribution is 0.0945. The second-order valence-corrected chi connectivity index (χ2v) is 6.35. The molecule has 1 aromatic heterocycles. The number of rotatable bonds is 7. The first-order chi connectivity index (χ1) is 13.1. The zero-order chi connectivity index (χ0) is 19.1. The molecule has 0 bridgehead atoms. The molecule has 3 rings (SSSR count). The zero-order valence-corrected chi connectivity index (χ0v) is 15.2. The molecule has 0 spiro atoms. The quantitative estimate of drug-likeness (QED) is 0.649. The van der Waals surface area contributed by atoms with Crippen molar-refractivity contribution in [1.82, 2.24) is 15.5 Å². The maximum atomic E-state index is 12.9. The molecule has 5 nitrogen and oxygen atoms in total. The van der Waals surface area contributed by atoms with Gasteiger partial charge in [-0.2, -0.15) is 0 Å². The number of hydrogen-bond donors (Lipinski definition) is 2. The second kappa shape index (κ2) is 9.09. The van der Waals surface area contributed by atoms with E-state index in [0.29, 0.717) is 23.9 Å². The summed E-state index contributed by atoms with van der Waals surface area (Å²) in [6.45, 7) is 0.980. The summed E-state index contributed by atoms with van der Waals surface area (Å²) in [5.41, 5.74) is 2.19. The van der Waals surface area contributed by atoms with Crippen LogP contribution in [0.3, 0.4) is 0 Å². The zero-order valence-electron chi connectivity index (χ0n) is 14.5. The number of nitrogens with one attached hydrogen (secondary N) is 2. The Morgan fingerprint density at radius 3 is 2.30 bits per heavy atom. The number of hydrogen-bond acceptors (Lipinski definition) is 4. The van der Waals surface area contributed by atoms with Crippen molar-refractivity contribution in [2.24, 2.45) is 0 Å². The van der Waals surface area contributed by atoms with Crippen molar-refractivity contribution in [3.63, 3.8) is 0 Å². The van der Waals surface area contributed by atoms with E-state index in [9.17, 15) is 9.18 Å². The third-order valence-electron chi connectivity index (χ3n) is 3.90. The highest BCUT2D eigenvalue weighted by atomic mass is 35.5. The molecule has 0 atom stereocenters. The fraction of sp³-hybridized carbons (Fsp3) is 0.150. The van der Waals surface area contributed by atoms with E-state index in [4.69, 9.17) is 11.6 Å². The fourth-order valence-electron chi connectivity index (χ4n) is 2.41. The molecule has 27 heavy (non-hydrogen) atoms. The average molecular weight is 385 g/mol. The Balaban J connectivity index is 1.46. The van der Waals surface area contributed by atoms with Crippen molar-refractivity contribution >= 4 is 23.3 Å². The first-order valence-corrected chi connectivity index (χ1v) is 8.82. The number of anilines is 1. The van der Waals surface area contributed by atoms with Gasteiger partial charge in [0.05, 0.1) is 0 Å². The third-order valence-corrected chi connectivity index (χ3v) is 4.15. The van der Waals surface area contributed by atoms with Crippen LogP contribution < -0.4 is 10.6 Å². The molecular formula is C20H18ClFN4O. The Kier molecular flexibility index (Phi) is 6.33. The number of halogens is 2. The number of carbonyl (C=O) groups excluding carboxylic acids is 1. The third kappa shape index (κ3) is 5.76. The highest BCUT2D eigenvalue weighted by Gasteiger charge is 2.08. The van der Waals surface area contributed by atoms with Gasteiger partial charge in [-0.1, -0.05) is 35.9 Å². The predicted molar refractivity (Wildman–Crippen MR) is 103 cm³/mol. The van der Waals surface area contributed by atoms with Crippen LogP contribution in [0.5, 0.6) is 0 Å². The van der Waals surface area contributed by atoms with E-state index < -0.39 is 0 Å². The number of carbonyl (C=O) groups is 1. The van der Waals surface area contributed by atoms with E-state index in [2.05, 4.69) is 20.8 Å². The van der Waals surface area contributed by atoms with Gasteiger partial charge < -0.3 is 10.6 Å². The normalized spacial score (nSPS) is 10.4. The van der Waals surface area contributed by atoms with Crippen LogP contribution in [0.1, 0.15) is 21.6 Å². The van der Waals surface area contributed by atoms with Gasteiger partial charge in [-0.15, -0.1) is 10.2 Å². The van der Waals surface area contributed by atoms with Gasteiger partial charge in [0.2, 0.25) is 0 Å². The van der Waals surface area contributed by atoms with E-state index in [0.717, 1.165) is 17.5 Å². The van der Waals surface area contributed by atoms with Crippen LogP contribution in [0.2, 0.25) is 5.02 Å². The van der Waals surface area contributed by atoms with Crippen LogP contribution >= 0.6 is 11.6 Å². The topological polar surface area (TPSA) is 66.9 Å². The molecule has 3 aromatic rings. The lowest BCUT2D eigenvalue weighted by Gasteiger charge is -2.07. The number of aromatic nitrogens is 2. The number of benzene rings is 2. The van der Waals surface area contributed by atoms with Crippen LogP contribution in [-0.2, 0) is 13.0 Å². The minimum absolute atomic E-state index is 0.223. The van der Waals surface area contributed by atoms with Gasteiger partial charge in [0.25, 0.3) is 5.91 Å². The molecule has 0 radical (unpaired) electrons. The summed E-state index contributed by atoms with van der Waals surface area (Å²) in [6.07, 6.45) is 0.818. The molecule has 0 saturated heterocycles. The summed E-state index contributed by atoms with van der Waals surface area (Å²) in [5, 5.41) is 14.6. The van der Waals surface area contributed by atoms with Crippen molar-refractivity contribution in [2.75, 3.05) is 11.9 Å². The highest BCUT2D eigenvalue weighted by Crippen LogP contribution is 2.10. The van der Waals surface area contributed by atoms with Gasteiger partial charge in [-0.3, -0.25) is 4.79 Å². The minimum Gasteiger partial charge on any atom is -0.368 e. The first kappa shape index (κ1) is 18.8. The average Bonchev–Trinajstić information content (AvgIpc) is 2.69. The van der Waals surface area contributed by atoms with Gasteiger partial charge in [0, 0.05) is 18.1 Å². The summed E-state index contributed by atoms with van der Waals surface area (Å²) >= 11 is 5.86. The Bertz CT molecular complexity index is 883. The maximum Gasteiger partial charge on any atom is 0.272 e. The SMILES string of the molecule is O=C(NCc1ccc(F)cc1)c1ccc(NCCc2ccc(Cl)cc2)nn1.